The molecule has 2 atom stereocenters. The predicted octanol–water partition coefficient (Wildman–Crippen LogP) is 0.754. The van der Waals surface area contributed by atoms with Crippen molar-refractivity contribution in [2.75, 3.05) is 6.61 Å². The van der Waals surface area contributed by atoms with E-state index < -0.39 is 0 Å². The van der Waals surface area contributed by atoms with Gasteiger partial charge in [0.25, 0.3) is 0 Å². The Morgan fingerprint density at radius 2 is 2.53 bits per heavy atom. The molecule has 3 N–H and O–H groups in total. The van der Waals surface area contributed by atoms with Crippen molar-refractivity contribution in [3.63, 3.8) is 0 Å². The number of rotatable bonds is 5. The van der Waals surface area contributed by atoms with Gasteiger partial charge in [0, 0.05) is 31.6 Å². The van der Waals surface area contributed by atoms with Crippen LogP contribution in [0.4, 0.5) is 0 Å². The zero-order valence-electron chi connectivity index (χ0n) is 10.4. The summed E-state index contributed by atoms with van der Waals surface area (Å²) in [5.74, 6) is 5.63. The van der Waals surface area contributed by atoms with Crippen molar-refractivity contribution in [2.45, 2.75) is 44.2 Å². The van der Waals surface area contributed by atoms with Crippen LogP contribution in [-0.2, 0) is 18.2 Å². The predicted molar refractivity (Wildman–Crippen MR) is 66.2 cm³/mol. The van der Waals surface area contributed by atoms with Gasteiger partial charge in [0.2, 0.25) is 0 Å². The molecule has 17 heavy (non-hydrogen) atoms. The molecule has 1 aromatic rings. The number of aryl methyl sites for hydroxylation is 2. The first-order chi connectivity index (χ1) is 8.31. The third kappa shape index (κ3) is 3.28. The first-order valence-electron chi connectivity index (χ1n) is 6.36. The Morgan fingerprint density at radius 3 is 3.12 bits per heavy atom. The molecule has 1 fully saturated rings. The van der Waals surface area contributed by atoms with E-state index in [1.54, 1.807) is 0 Å². The highest BCUT2D eigenvalue weighted by Crippen LogP contribution is 2.18. The smallest absolute Gasteiger partial charge is 0.0741 e. The van der Waals surface area contributed by atoms with Crippen LogP contribution in [0.15, 0.2) is 12.3 Å². The second-order valence-corrected chi connectivity index (χ2v) is 4.66. The van der Waals surface area contributed by atoms with E-state index in [0.717, 1.165) is 25.9 Å². The van der Waals surface area contributed by atoms with E-state index in [1.165, 1.54) is 18.5 Å². The van der Waals surface area contributed by atoms with Gasteiger partial charge in [-0.25, -0.2) is 0 Å². The second kappa shape index (κ2) is 6.14. The molecule has 0 saturated carbocycles. The number of hydrogen-bond acceptors (Lipinski definition) is 4. The molecule has 2 rings (SSSR count). The van der Waals surface area contributed by atoms with Crippen molar-refractivity contribution in [2.24, 2.45) is 12.9 Å². The van der Waals surface area contributed by atoms with Crippen molar-refractivity contribution in [1.82, 2.24) is 15.2 Å². The summed E-state index contributed by atoms with van der Waals surface area (Å²) >= 11 is 0. The third-order valence-corrected chi connectivity index (χ3v) is 3.51. The topological polar surface area (TPSA) is 65.1 Å². The Kier molecular flexibility index (Phi) is 4.53. The van der Waals surface area contributed by atoms with Gasteiger partial charge >= 0.3 is 0 Å². The fourth-order valence-electron chi connectivity index (χ4n) is 2.41. The Hall–Kier alpha value is -0.910. The van der Waals surface area contributed by atoms with Gasteiger partial charge in [0.05, 0.1) is 6.10 Å². The normalized spacial score (nSPS) is 22.6. The van der Waals surface area contributed by atoms with Crippen molar-refractivity contribution >= 4 is 0 Å². The van der Waals surface area contributed by atoms with Crippen molar-refractivity contribution < 1.29 is 4.74 Å². The fourth-order valence-corrected chi connectivity index (χ4v) is 2.41. The second-order valence-electron chi connectivity index (χ2n) is 4.66. The van der Waals surface area contributed by atoms with Gasteiger partial charge in [0.1, 0.15) is 0 Å². The number of nitrogens with one attached hydrogen (secondary N) is 1. The number of hydrogen-bond donors (Lipinski definition) is 2. The summed E-state index contributed by atoms with van der Waals surface area (Å²) in [5, 5.41) is 4.17. The highest BCUT2D eigenvalue weighted by Gasteiger charge is 2.23. The monoisotopic (exact) mass is 238 g/mol. The lowest BCUT2D eigenvalue weighted by Gasteiger charge is -2.30. The molecule has 5 heteroatoms. The summed E-state index contributed by atoms with van der Waals surface area (Å²) in [4.78, 5) is 0. The molecule has 2 heterocycles. The number of ether oxygens (including phenoxy) is 1. The summed E-state index contributed by atoms with van der Waals surface area (Å²) in [5.41, 5.74) is 4.14. The molecule has 0 aliphatic carbocycles. The molecule has 1 aliphatic rings. The SMILES string of the molecule is Cn1nccc1CCC(NN)C1CCCCO1. The standard InChI is InChI=1S/C12H22N4O/c1-16-10(7-8-14-16)5-6-11(15-13)12-4-2-3-9-17-12/h7-8,11-12,15H,2-6,9,13H2,1H3. The zero-order chi connectivity index (χ0) is 12.1. The lowest BCUT2D eigenvalue weighted by atomic mass is 9.98. The van der Waals surface area contributed by atoms with Crippen LogP contribution in [0.2, 0.25) is 0 Å². The van der Waals surface area contributed by atoms with Crippen LogP contribution in [0.25, 0.3) is 0 Å². The zero-order valence-corrected chi connectivity index (χ0v) is 10.4. The van der Waals surface area contributed by atoms with Crippen molar-refractivity contribution in [3.05, 3.63) is 18.0 Å². The quantitative estimate of drug-likeness (QED) is 0.587. The van der Waals surface area contributed by atoms with Gasteiger partial charge < -0.3 is 4.74 Å². The maximum absolute atomic E-state index is 5.77. The molecule has 0 radical (unpaired) electrons. The molecular weight excluding hydrogens is 216 g/mol. The van der Waals surface area contributed by atoms with Crippen LogP contribution in [0.3, 0.4) is 0 Å². The van der Waals surface area contributed by atoms with Crippen LogP contribution in [0.1, 0.15) is 31.4 Å². The van der Waals surface area contributed by atoms with Crippen molar-refractivity contribution in [3.8, 4) is 0 Å². The largest absolute Gasteiger partial charge is 0.377 e. The fraction of sp³-hybridized carbons (Fsp3) is 0.750. The first kappa shape index (κ1) is 12.5. The average molecular weight is 238 g/mol. The van der Waals surface area contributed by atoms with Gasteiger partial charge in [0.15, 0.2) is 0 Å². The molecule has 0 aromatic carbocycles. The van der Waals surface area contributed by atoms with Crippen LogP contribution in [0.5, 0.6) is 0 Å². The molecule has 1 saturated heterocycles. The molecule has 1 aliphatic heterocycles. The molecule has 96 valence electrons. The maximum atomic E-state index is 5.77. The summed E-state index contributed by atoms with van der Waals surface area (Å²) in [6.07, 6.45) is 7.59. The first-order valence-corrected chi connectivity index (χ1v) is 6.36. The highest BCUT2D eigenvalue weighted by molar-refractivity contribution is 5.00. The maximum Gasteiger partial charge on any atom is 0.0741 e. The molecule has 0 bridgehead atoms. The lowest BCUT2D eigenvalue weighted by Crippen LogP contribution is -2.46. The lowest BCUT2D eigenvalue weighted by molar-refractivity contribution is -0.00929. The van der Waals surface area contributed by atoms with Crippen LogP contribution in [-0.4, -0.2) is 28.5 Å². The number of hydrazine groups is 1. The highest BCUT2D eigenvalue weighted by atomic mass is 16.5. The molecule has 0 spiro atoms. The minimum Gasteiger partial charge on any atom is -0.377 e. The van der Waals surface area contributed by atoms with E-state index in [-0.39, 0.29) is 12.1 Å². The Bertz CT molecular complexity index is 333. The molecule has 1 aromatic heterocycles. The Balaban J connectivity index is 1.84. The van der Waals surface area contributed by atoms with E-state index in [9.17, 15) is 0 Å². The number of aromatic nitrogens is 2. The molecule has 0 amide bonds. The van der Waals surface area contributed by atoms with Gasteiger partial charge in [-0.2, -0.15) is 5.10 Å². The van der Waals surface area contributed by atoms with E-state index in [1.807, 2.05) is 17.9 Å². The van der Waals surface area contributed by atoms with Gasteiger partial charge in [-0.15, -0.1) is 0 Å². The third-order valence-electron chi connectivity index (χ3n) is 3.51. The average Bonchev–Trinajstić information content (AvgIpc) is 2.77. The number of nitrogens with two attached hydrogens (primary N) is 1. The van der Waals surface area contributed by atoms with E-state index in [2.05, 4.69) is 16.6 Å². The minimum atomic E-state index is 0.241. The van der Waals surface area contributed by atoms with Gasteiger partial charge in [-0.05, 0) is 38.2 Å². The van der Waals surface area contributed by atoms with Gasteiger partial charge in [-0.3, -0.25) is 16.0 Å². The Morgan fingerprint density at radius 1 is 1.65 bits per heavy atom. The van der Waals surface area contributed by atoms with Crippen LogP contribution >= 0.6 is 0 Å². The van der Waals surface area contributed by atoms with E-state index in [0.29, 0.717) is 0 Å². The van der Waals surface area contributed by atoms with Gasteiger partial charge in [-0.1, -0.05) is 0 Å². The number of nitrogens with zero attached hydrogens (tertiary/aromatic N) is 2. The van der Waals surface area contributed by atoms with Crippen LogP contribution in [0, 0.1) is 0 Å². The summed E-state index contributed by atoms with van der Waals surface area (Å²) in [6.45, 7) is 0.870. The molecular formula is C12H22N4O. The Labute approximate surface area is 102 Å². The van der Waals surface area contributed by atoms with E-state index in [4.69, 9.17) is 10.6 Å². The minimum absolute atomic E-state index is 0.241. The summed E-state index contributed by atoms with van der Waals surface area (Å²) in [6, 6.07) is 2.29. The van der Waals surface area contributed by atoms with E-state index >= 15 is 0 Å². The molecule has 2 unspecified atom stereocenters. The van der Waals surface area contributed by atoms with Crippen molar-refractivity contribution in [1.29, 1.82) is 0 Å². The van der Waals surface area contributed by atoms with Crippen LogP contribution < -0.4 is 11.3 Å². The summed E-state index contributed by atoms with van der Waals surface area (Å²) < 4.78 is 7.68. The summed E-state index contributed by atoms with van der Waals surface area (Å²) in [7, 11) is 1.97. The molecule has 5 nitrogen and oxygen atoms in total.